The topological polar surface area (TPSA) is 58.0 Å². The molecule has 0 radical (unpaired) electrons. The van der Waals surface area contributed by atoms with E-state index in [2.05, 4.69) is 15.3 Å². The Morgan fingerprint density at radius 2 is 1.65 bits per heavy atom. The van der Waals surface area contributed by atoms with Crippen molar-refractivity contribution in [2.75, 3.05) is 18.5 Å². The Hall–Kier alpha value is -2.79. The molecule has 0 saturated heterocycles. The van der Waals surface area contributed by atoms with E-state index in [1.54, 1.807) is 18.5 Å². The number of nitrogens with one attached hydrogen (secondary N) is 1. The van der Waals surface area contributed by atoms with Crippen molar-refractivity contribution >= 4 is 5.95 Å². The first kappa shape index (κ1) is 18.0. The van der Waals surface area contributed by atoms with Crippen molar-refractivity contribution in [1.29, 1.82) is 0 Å². The maximum atomic E-state index is 14.6. The fourth-order valence-electron chi connectivity index (χ4n) is 2.49. The lowest BCUT2D eigenvalue weighted by Gasteiger charge is -2.21. The van der Waals surface area contributed by atoms with Crippen LogP contribution >= 0.6 is 0 Å². The van der Waals surface area contributed by atoms with Gasteiger partial charge in [0.1, 0.15) is 5.82 Å². The molecule has 26 heavy (non-hydrogen) atoms. The summed E-state index contributed by atoms with van der Waals surface area (Å²) in [6.07, 6.45) is 3.20. The molecular weight excluding hydrogens is 329 g/mol. The van der Waals surface area contributed by atoms with Gasteiger partial charge in [-0.05, 0) is 17.2 Å². The number of benzene rings is 2. The van der Waals surface area contributed by atoms with E-state index < -0.39 is 0 Å². The second-order valence-corrected chi connectivity index (χ2v) is 7.03. The Balaban J connectivity index is 1.77. The first-order valence-corrected chi connectivity index (χ1v) is 8.51. The molecule has 1 heterocycles. The Kier molecular flexibility index (Phi) is 5.28. The van der Waals surface area contributed by atoms with Crippen LogP contribution in [0.25, 0.3) is 22.3 Å². The number of nitrogens with zero attached hydrogens (tertiary/aromatic N) is 2. The molecule has 4 nitrogen and oxygen atoms in total. The first-order valence-electron chi connectivity index (χ1n) is 8.51. The van der Waals surface area contributed by atoms with Crippen molar-refractivity contribution in [3.63, 3.8) is 0 Å². The van der Waals surface area contributed by atoms with Gasteiger partial charge in [-0.3, -0.25) is 0 Å². The van der Waals surface area contributed by atoms with Crippen LogP contribution < -0.4 is 5.32 Å². The van der Waals surface area contributed by atoms with Gasteiger partial charge in [0.05, 0.1) is 0 Å². The molecule has 134 valence electrons. The molecule has 0 saturated carbocycles. The summed E-state index contributed by atoms with van der Waals surface area (Å²) in [5, 5.41) is 12.4. The van der Waals surface area contributed by atoms with Gasteiger partial charge >= 0.3 is 0 Å². The lowest BCUT2D eigenvalue weighted by Crippen LogP contribution is -2.27. The highest BCUT2D eigenvalue weighted by Gasteiger charge is 2.16. The van der Waals surface area contributed by atoms with Crippen molar-refractivity contribution in [3.05, 3.63) is 66.7 Å². The molecule has 1 aromatic heterocycles. The van der Waals surface area contributed by atoms with Crippen LogP contribution in [0.3, 0.4) is 0 Å². The average Bonchev–Trinajstić information content (AvgIpc) is 2.68. The molecule has 3 aromatic rings. The van der Waals surface area contributed by atoms with E-state index in [4.69, 9.17) is 0 Å². The average molecular weight is 351 g/mol. The predicted octanol–water partition coefficient (Wildman–Crippen LogP) is 4.38. The van der Waals surface area contributed by atoms with Crippen LogP contribution in [0.2, 0.25) is 0 Å². The third-order valence-electron chi connectivity index (χ3n) is 4.19. The van der Waals surface area contributed by atoms with Crippen LogP contribution in [-0.4, -0.2) is 28.2 Å². The number of halogens is 1. The Morgan fingerprint density at radius 1 is 0.962 bits per heavy atom. The summed E-state index contributed by atoms with van der Waals surface area (Å²) in [6, 6.07) is 14.9. The Labute approximate surface area is 152 Å². The smallest absolute Gasteiger partial charge is 0.222 e. The van der Waals surface area contributed by atoms with E-state index in [0.717, 1.165) is 11.1 Å². The summed E-state index contributed by atoms with van der Waals surface area (Å²) in [6.45, 7) is 4.50. The minimum Gasteiger partial charge on any atom is -0.396 e. The number of rotatable bonds is 6. The number of aliphatic hydroxyl groups excluding tert-OH is 1. The standard InChI is InChI=1S/C21H22FN3O/c1-21(2,14-26)13-25-20-23-11-17(12-24-20)18-9-8-16(10-19(18)22)15-6-4-3-5-7-15/h3-12,26H,13-14H2,1-2H3,(H,23,24,25). The number of hydrogen-bond donors (Lipinski definition) is 2. The van der Waals surface area contributed by atoms with Crippen molar-refractivity contribution in [2.45, 2.75) is 13.8 Å². The molecule has 0 atom stereocenters. The van der Waals surface area contributed by atoms with Crippen molar-refractivity contribution in [1.82, 2.24) is 9.97 Å². The zero-order valence-electron chi connectivity index (χ0n) is 14.9. The maximum absolute atomic E-state index is 14.6. The van der Waals surface area contributed by atoms with Crippen molar-refractivity contribution < 1.29 is 9.50 Å². The van der Waals surface area contributed by atoms with Gasteiger partial charge in [0, 0.05) is 42.1 Å². The normalized spacial score (nSPS) is 11.4. The molecule has 0 spiro atoms. The maximum Gasteiger partial charge on any atom is 0.222 e. The highest BCUT2D eigenvalue weighted by molar-refractivity contribution is 5.70. The van der Waals surface area contributed by atoms with Gasteiger partial charge in [-0.15, -0.1) is 0 Å². The van der Waals surface area contributed by atoms with Crippen LogP contribution in [0, 0.1) is 11.2 Å². The van der Waals surface area contributed by atoms with Crippen LogP contribution in [0.4, 0.5) is 10.3 Å². The molecule has 3 rings (SSSR count). The minimum atomic E-state index is -0.308. The van der Waals surface area contributed by atoms with Gasteiger partial charge in [0.15, 0.2) is 0 Å². The van der Waals surface area contributed by atoms with Gasteiger partial charge in [-0.25, -0.2) is 14.4 Å². The van der Waals surface area contributed by atoms with Gasteiger partial charge in [0.2, 0.25) is 5.95 Å². The van der Waals surface area contributed by atoms with E-state index in [1.165, 1.54) is 6.07 Å². The van der Waals surface area contributed by atoms with E-state index in [-0.39, 0.29) is 17.8 Å². The van der Waals surface area contributed by atoms with Gasteiger partial charge < -0.3 is 10.4 Å². The van der Waals surface area contributed by atoms with Crippen molar-refractivity contribution in [2.24, 2.45) is 5.41 Å². The molecular formula is C21H22FN3O. The monoisotopic (exact) mass is 351 g/mol. The van der Waals surface area contributed by atoms with Crippen molar-refractivity contribution in [3.8, 4) is 22.3 Å². The molecule has 5 heteroatoms. The highest BCUT2D eigenvalue weighted by atomic mass is 19.1. The lowest BCUT2D eigenvalue weighted by molar-refractivity contribution is 0.170. The molecule has 0 aliphatic carbocycles. The summed E-state index contributed by atoms with van der Waals surface area (Å²) < 4.78 is 14.6. The largest absolute Gasteiger partial charge is 0.396 e. The zero-order chi connectivity index (χ0) is 18.6. The summed E-state index contributed by atoms with van der Waals surface area (Å²) in [4.78, 5) is 8.49. The molecule has 0 fully saturated rings. The van der Waals surface area contributed by atoms with Crippen LogP contribution in [0.1, 0.15) is 13.8 Å². The Morgan fingerprint density at radius 3 is 2.27 bits per heavy atom. The van der Waals surface area contributed by atoms with E-state index in [1.807, 2.05) is 50.2 Å². The molecule has 0 unspecified atom stereocenters. The number of aromatic nitrogens is 2. The zero-order valence-corrected chi connectivity index (χ0v) is 14.9. The summed E-state index contributed by atoms with van der Waals surface area (Å²) in [5.74, 6) is 0.147. The van der Waals surface area contributed by atoms with E-state index in [9.17, 15) is 9.50 Å². The summed E-state index contributed by atoms with van der Waals surface area (Å²) >= 11 is 0. The second kappa shape index (κ2) is 7.62. The Bertz CT molecular complexity index is 864. The molecule has 0 bridgehead atoms. The van der Waals surface area contributed by atoms with E-state index in [0.29, 0.717) is 23.6 Å². The molecule has 0 amide bonds. The third kappa shape index (κ3) is 4.24. The molecule has 2 aromatic carbocycles. The molecule has 0 aliphatic heterocycles. The van der Waals surface area contributed by atoms with Crippen LogP contribution in [0.15, 0.2) is 60.9 Å². The first-order chi connectivity index (χ1) is 12.5. The second-order valence-electron chi connectivity index (χ2n) is 7.03. The number of hydrogen-bond acceptors (Lipinski definition) is 4. The van der Waals surface area contributed by atoms with Crippen LogP contribution in [-0.2, 0) is 0 Å². The van der Waals surface area contributed by atoms with Crippen LogP contribution in [0.5, 0.6) is 0 Å². The third-order valence-corrected chi connectivity index (χ3v) is 4.19. The predicted molar refractivity (Wildman–Crippen MR) is 102 cm³/mol. The molecule has 0 aliphatic rings. The molecule has 2 N–H and O–H groups in total. The number of aliphatic hydroxyl groups is 1. The fraction of sp³-hybridized carbons (Fsp3) is 0.238. The SMILES string of the molecule is CC(C)(CO)CNc1ncc(-c2ccc(-c3ccccc3)cc2F)cn1. The summed E-state index contributed by atoms with van der Waals surface area (Å²) in [7, 11) is 0. The number of anilines is 1. The lowest BCUT2D eigenvalue weighted by atomic mass is 9.95. The fourth-order valence-corrected chi connectivity index (χ4v) is 2.49. The van der Waals surface area contributed by atoms with Gasteiger partial charge in [-0.1, -0.05) is 56.3 Å². The van der Waals surface area contributed by atoms with E-state index >= 15 is 0 Å². The van der Waals surface area contributed by atoms with Gasteiger partial charge in [-0.2, -0.15) is 0 Å². The minimum absolute atomic E-state index is 0.0665. The van der Waals surface area contributed by atoms with Gasteiger partial charge in [0.25, 0.3) is 0 Å². The highest BCUT2D eigenvalue weighted by Crippen LogP contribution is 2.27. The quantitative estimate of drug-likeness (QED) is 0.692. The summed E-state index contributed by atoms with van der Waals surface area (Å²) in [5.41, 5.74) is 2.63.